The molecule has 0 aromatic heterocycles. The van der Waals surface area contributed by atoms with Gasteiger partial charge >= 0.3 is 18.9 Å². The molecule has 0 aliphatic heterocycles. The molecule has 0 radical (unpaired) electrons. The third kappa shape index (κ3) is 13.7. The first-order valence-corrected chi connectivity index (χ1v) is 7.40. The summed E-state index contributed by atoms with van der Waals surface area (Å²) >= 11 is 0. The molecule has 0 saturated carbocycles. The molecule has 0 spiro atoms. The van der Waals surface area contributed by atoms with Gasteiger partial charge in [0.1, 0.15) is 0 Å². The van der Waals surface area contributed by atoms with E-state index >= 15 is 0 Å². The zero-order chi connectivity index (χ0) is 8.04. The zero-order valence-electron chi connectivity index (χ0n) is 8.44. The van der Waals surface area contributed by atoms with Gasteiger partial charge in [0.05, 0.1) is 0 Å². The van der Waals surface area contributed by atoms with Crippen molar-refractivity contribution in [2.24, 2.45) is 0 Å². The van der Waals surface area contributed by atoms with Gasteiger partial charge in [-0.25, -0.2) is 0 Å². The Bertz CT molecular complexity index is 80.7. The summed E-state index contributed by atoms with van der Waals surface area (Å²) < 4.78 is 5.64. The van der Waals surface area contributed by atoms with Crippen LogP contribution >= 0.6 is 0 Å². The first-order valence-electron chi connectivity index (χ1n) is 3.99. The standard InChI is InChI=1S/C8H19OSi.Li/c1-5-6-7-8-9-10(2,3)4;/h1,5-8H2,2-4H3;/q-1;+1. The second-order valence-corrected chi connectivity index (χ2v) is 8.03. The third-order valence-corrected chi connectivity index (χ3v) is 2.25. The Morgan fingerprint density at radius 2 is 1.73 bits per heavy atom. The Hall–Kier alpha value is 0.774. The van der Waals surface area contributed by atoms with Gasteiger partial charge in [0.2, 0.25) is 0 Å². The third-order valence-electron chi connectivity index (χ3n) is 1.18. The molecule has 0 atom stereocenters. The maximum atomic E-state index is 5.64. The molecule has 0 rings (SSSR count). The van der Waals surface area contributed by atoms with Crippen LogP contribution in [0.5, 0.6) is 0 Å². The monoisotopic (exact) mass is 166 g/mol. The van der Waals surface area contributed by atoms with Gasteiger partial charge in [0.15, 0.2) is 8.32 Å². The molecule has 0 saturated heterocycles. The molecule has 1 nitrogen and oxygen atoms in total. The summed E-state index contributed by atoms with van der Waals surface area (Å²) in [6.07, 6.45) is 3.41. The van der Waals surface area contributed by atoms with Crippen molar-refractivity contribution in [2.45, 2.75) is 38.9 Å². The van der Waals surface area contributed by atoms with Crippen LogP contribution in [0.1, 0.15) is 19.3 Å². The van der Waals surface area contributed by atoms with E-state index in [2.05, 4.69) is 26.6 Å². The van der Waals surface area contributed by atoms with E-state index in [4.69, 9.17) is 4.43 Å². The van der Waals surface area contributed by atoms with Crippen molar-refractivity contribution >= 4 is 8.32 Å². The van der Waals surface area contributed by atoms with Gasteiger partial charge < -0.3 is 11.3 Å². The fraction of sp³-hybridized carbons (Fsp3) is 0.875. The van der Waals surface area contributed by atoms with Crippen LogP contribution in [0.15, 0.2) is 0 Å². The molecule has 0 bridgehead atoms. The Balaban J connectivity index is 0. The molecule has 0 N–H and O–H groups in total. The van der Waals surface area contributed by atoms with E-state index in [1.54, 1.807) is 0 Å². The summed E-state index contributed by atoms with van der Waals surface area (Å²) in [4.78, 5) is 0. The average Bonchev–Trinajstić information content (AvgIpc) is 1.78. The van der Waals surface area contributed by atoms with Crippen molar-refractivity contribution in [3.8, 4) is 0 Å². The first-order chi connectivity index (χ1) is 4.56. The van der Waals surface area contributed by atoms with Crippen molar-refractivity contribution in [2.75, 3.05) is 6.61 Å². The Kier molecular flexibility index (Phi) is 9.66. The van der Waals surface area contributed by atoms with E-state index < -0.39 is 8.32 Å². The van der Waals surface area contributed by atoms with Crippen LogP contribution in [0, 0.1) is 6.92 Å². The molecule has 0 aromatic rings. The molecular weight excluding hydrogens is 147 g/mol. The van der Waals surface area contributed by atoms with Crippen molar-refractivity contribution in [3.63, 3.8) is 0 Å². The first kappa shape index (κ1) is 14.3. The van der Waals surface area contributed by atoms with E-state index in [9.17, 15) is 0 Å². The van der Waals surface area contributed by atoms with Gasteiger partial charge in [-0.15, -0.1) is 0 Å². The molecule has 0 amide bonds. The minimum absolute atomic E-state index is 0. The van der Waals surface area contributed by atoms with Crippen molar-refractivity contribution in [1.82, 2.24) is 0 Å². The molecular formula is C8H19LiOSi. The second kappa shape index (κ2) is 7.42. The SMILES string of the molecule is [CH2-]CCCCO[Si](C)(C)C.[Li+]. The van der Waals surface area contributed by atoms with Gasteiger partial charge in [0.25, 0.3) is 0 Å². The maximum Gasteiger partial charge on any atom is 1.00 e. The summed E-state index contributed by atoms with van der Waals surface area (Å²) in [5.41, 5.74) is 0. The van der Waals surface area contributed by atoms with E-state index in [0.29, 0.717) is 0 Å². The van der Waals surface area contributed by atoms with Crippen molar-refractivity contribution < 1.29 is 23.3 Å². The number of unbranched alkanes of at least 4 members (excludes halogenated alkanes) is 2. The summed E-state index contributed by atoms with van der Waals surface area (Å²) in [5.74, 6) is 0. The summed E-state index contributed by atoms with van der Waals surface area (Å²) in [6.45, 7) is 11.4. The van der Waals surface area contributed by atoms with Gasteiger partial charge in [-0.3, -0.25) is 0 Å². The molecule has 0 aliphatic rings. The molecule has 0 heterocycles. The largest absolute Gasteiger partial charge is 1.00 e. The smallest absolute Gasteiger partial charge is 0.418 e. The minimum Gasteiger partial charge on any atom is -0.418 e. The van der Waals surface area contributed by atoms with Crippen LogP contribution in [0.2, 0.25) is 19.6 Å². The molecule has 11 heavy (non-hydrogen) atoms. The van der Waals surface area contributed by atoms with Crippen LogP contribution in [0.25, 0.3) is 0 Å². The fourth-order valence-corrected chi connectivity index (χ4v) is 1.41. The predicted molar refractivity (Wildman–Crippen MR) is 48.5 cm³/mol. The quantitative estimate of drug-likeness (QED) is 0.313. The molecule has 3 heteroatoms. The Morgan fingerprint density at radius 3 is 2.09 bits per heavy atom. The topological polar surface area (TPSA) is 9.23 Å². The van der Waals surface area contributed by atoms with Crippen LogP contribution in [-0.4, -0.2) is 14.9 Å². The predicted octanol–water partition coefficient (Wildman–Crippen LogP) is -0.154. The summed E-state index contributed by atoms with van der Waals surface area (Å²) in [7, 11) is -1.23. The Morgan fingerprint density at radius 1 is 1.18 bits per heavy atom. The van der Waals surface area contributed by atoms with E-state index in [-0.39, 0.29) is 18.9 Å². The van der Waals surface area contributed by atoms with Gasteiger partial charge in [-0.2, -0.15) is 6.42 Å². The van der Waals surface area contributed by atoms with Crippen molar-refractivity contribution in [3.05, 3.63) is 6.92 Å². The molecule has 0 aliphatic carbocycles. The van der Waals surface area contributed by atoms with E-state index in [1.165, 1.54) is 12.8 Å². The zero-order valence-corrected chi connectivity index (χ0v) is 9.44. The number of hydrogen-bond donors (Lipinski definition) is 0. The normalized spacial score (nSPS) is 10.9. The van der Waals surface area contributed by atoms with Gasteiger partial charge in [-0.1, -0.05) is 6.42 Å². The van der Waals surface area contributed by atoms with E-state index in [1.807, 2.05) is 0 Å². The summed E-state index contributed by atoms with van der Waals surface area (Å²) in [5, 5.41) is 0. The molecule has 0 fully saturated rings. The van der Waals surface area contributed by atoms with Gasteiger partial charge in [0, 0.05) is 6.61 Å². The van der Waals surface area contributed by atoms with E-state index in [0.717, 1.165) is 13.0 Å². The molecule has 0 aromatic carbocycles. The van der Waals surface area contributed by atoms with Crippen molar-refractivity contribution in [1.29, 1.82) is 0 Å². The van der Waals surface area contributed by atoms with Crippen LogP contribution in [0.3, 0.4) is 0 Å². The minimum atomic E-state index is -1.23. The molecule has 0 unspecified atom stereocenters. The van der Waals surface area contributed by atoms with Crippen LogP contribution in [-0.2, 0) is 4.43 Å². The van der Waals surface area contributed by atoms with Gasteiger partial charge in [-0.05, 0) is 26.1 Å². The summed E-state index contributed by atoms with van der Waals surface area (Å²) in [6, 6.07) is 0. The molecule has 62 valence electrons. The van der Waals surface area contributed by atoms with Crippen LogP contribution in [0.4, 0.5) is 0 Å². The fourth-order valence-electron chi connectivity index (χ4n) is 0.657. The number of hydrogen-bond acceptors (Lipinski definition) is 1. The second-order valence-electron chi connectivity index (χ2n) is 3.52. The Labute approximate surface area is 84.2 Å². The van der Waals surface area contributed by atoms with Crippen LogP contribution < -0.4 is 18.9 Å². The maximum absolute atomic E-state index is 5.64. The number of rotatable bonds is 5. The average molecular weight is 166 g/mol.